The van der Waals surface area contributed by atoms with Gasteiger partial charge in [-0.1, -0.05) is 12.1 Å². The Balaban J connectivity index is 1.63. The molecular formula is C20H19N3O5. The molecule has 0 atom stereocenters. The minimum Gasteiger partial charge on any atom is -0.478 e. The van der Waals surface area contributed by atoms with Crippen molar-refractivity contribution < 1.29 is 24.3 Å². The summed E-state index contributed by atoms with van der Waals surface area (Å²) in [5.74, 6) is -1.73. The maximum Gasteiger partial charge on any atom is 0.335 e. The number of amides is 4. The van der Waals surface area contributed by atoms with Crippen molar-refractivity contribution in [3.63, 3.8) is 0 Å². The molecule has 1 aliphatic rings. The van der Waals surface area contributed by atoms with Gasteiger partial charge in [-0.25, -0.2) is 9.59 Å². The van der Waals surface area contributed by atoms with Gasteiger partial charge in [-0.15, -0.1) is 0 Å². The number of nitrogens with zero attached hydrogens (tertiary/aromatic N) is 1. The van der Waals surface area contributed by atoms with Gasteiger partial charge < -0.3 is 15.7 Å². The quantitative estimate of drug-likeness (QED) is 0.689. The highest BCUT2D eigenvalue weighted by atomic mass is 16.4. The van der Waals surface area contributed by atoms with Crippen LogP contribution in [0.2, 0.25) is 0 Å². The van der Waals surface area contributed by atoms with Crippen molar-refractivity contribution in [2.24, 2.45) is 0 Å². The summed E-state index contributed by atoms with van der Waals surface area (Å²) >= 11 is 0. The van der Waals surface area contributed by atoms with Crippen LogP contribution in [0.3, 0.4) is 0 Å². The molecule has 0 saturated heterocycles. The van der Waals surface area contributed by atoms with Gasteiger partial charge in [0.25, 0.3) is 11.8 Å². The molecule has 0 spiro atoms. The van der Waals surface area contributed by atoms with Crippen molar-refractivity contribution in [2.45, 2.75) is 26.4 Å². The fourth-order valence-corrected chi connectivity index (χ4v) is 2.93. The molecule has 144 valence electrons. The number of benzene rings is 2. The number of imide groups is 1. The number of carbonyl (C=O) groups is 4. The maximum absolute atomic E-state index is 12.4. The highest BCUT2D eigenvalue weighted by molar-refractivity contribution is 6.22. The zero-order chi connectivity index (χ0) is 20.4. The summed E-state index contributed by atoms with van der Waals surface area (Å²) in [6.07, 6.45) is 0. The number of carbonyl (C=O) groups excluding carboxylic acids is 3. The van der Waals surface area contributed by atoms with E-state index in [1.165, 1.54) is 29.2 Å². The predicted octanol–water partition coefficient (Wildman–Crippen LogP) is 2.71. The average molecular weight is 381 g/mol. The Morgan fingerprint density at radius 3 is 2.25 bits per heavy atom. The number of hydrogen-bond donors (Lipinski definition) is 3. The smallest absolute Gasteiger partial charge is 0.335 e. The number of carboxylic acid groups (broad SMARTS) is 1. The van der Waals surface area contributed by atoms with Gasteiger partial charge in [-0.05, 0) is 49.7 Å². The zero-order valence-corrected chi connectivity index (χ0v) is 15.4. The van der Waals surface area contributed by atoms with Crippen LogP contribution < -0.4 is 10.6 Å². The number of urea groups is 1. The van der Waals surface area contributed by atoms with Crippen LogP contribution >= 0.6 is 0 Å². The molecule has 0 saturated carbocycles. The molecule has 1 heterocycles. The van der Waals surface area contributed by atoms with Gasteiger partial charge in [-0.3, -0.25) is 14.5 Å². The molecule has 28 heavy (non-hydrogen) atoms. The largest absolute Gasteiger partial charge is 0.478 e. The molecule has 2 aromatic carbocycles. The SMILES string of the molecule is CC(C)N1C(=O)c2ccc(NC(=O)NCc3ccc(C(=O)O)cc3)cc2C1=O. The van der Waals surface area contributed by atoms with Crippen LogP contribution in [0.5, 0.6) is 0 Å². The normalized spacial score (nSPS) is 12.9. The lowest BCUT2D eigenvalue weighted by Gasteiger charge is -2.17. The highest BCUT2D eigenvalue weighted by Crippen LogP contribution is 2.27. The van der Waals surface area contributed by atoms with Gasteiger partial charge in [0.1, 0.15) is 0 Å². The molecule has 0 fully saturated rings. The third-order valence-corrected chi connectivity index (χ3v) is 4.35. The first kappa shape index (κ1) is 19.1. The second kappa shape index (κ2) is 7.51. The lowest BCUT2D eigenvalue weighted by molar-refractivity contribution is 0.0607. The number of hydrogen-bond acceptors (Lipinski definition) is 4. The Bertz CT molecular complexity index is 966. The van der Waals surface area contributed by atoms with Crippen molar-refractivity contribution in [2.75, 3.05) is 5.32 Å². The molecule has 0 radical (unpaired) electrons. The highest BCUT2D eigenvalue weighted by Gasteiger charge is 2.37. The van der Waals surface area contributed by atoms with Crippen LogP contribution in [0.1, 0.15) is 50.5 Å². The van der Waals surface area contributed by atoms with E-state index in [4.69, 9.17) is 5.11 Å². The molecule has 0 unspecified atom stereocenters. The number of rotatable bonds is 5. The van der Waals surface area contributed by atoms with Crippen molar-refractivity contribution >= 4 is 29.5 Å². The monoisotopic (exact) mass is 381 g/mol. The molecule has 3 rings (SSSR count). The topological polar surface area (TPSA) is 116 Å². The van der Waals surface area contributed by atoms with E-state index in [9.17, 15) is 19.2 Å². The van der Waals surface area contributed by atoms with E-state index in [-0.39, 0.29) is 35.5 Å². The summed E-state index contributed by atoms with van der Waals surface area (Å²) in [6, 6.07) is 9.99. The third kappa shape index (κ3) is 3.71. The molecule has 8 heteroatoms. The van der Waals surface area contributed by atoms with E-state index in [1.807, 2.05) is 0 Å². The van der Waals surface area contributed by atoms with Crippen LogP contribution in [-0.4, -0.2) is 39.9 Å². The second-order valence-electron chi connectivity index (χ2n) is 6.64. The molecular weight excluding hydrogens is 362 g/mol. The first-order chi connectivity index (χ1) is 13.3. The summed E-state index contributed by atoms with van der Waals surface area (Å²) < 4.78 is 0. The lowest BCUT2D eigenvalue weighted by atomic mass is 10.1. The number of fused-ring (bicyclic) bond motifs is 1. The van der Waals surface area contributed by atoms with Crippen molar-refractivity contribution in [3.8, 4) is 0 Å². The predicted molar refractivity (Wildman–Crippen MR) is 101 cm³/mol. The zero-order valence-electron chi connectivity index (χ0n) is 15.4. The fraction of sp³-hybridized carbons (Fsp3) is 0.200. The van der Waals surface area contributed by atoms with Gasteiger partial charge in [0, 0.05) is 18.3 Å². The Hall–Kier alpha value is -3.68. The van der Waals surface area contributed by atoms with E-state index >= 15 is 0 Å². The molecule has 0 bridgehead atoms. The van der Waals surface area contributed by atoms with Crippen molar-refractivity contribution in [1.29, 1.82) is 0 Å². The van der Waals surface area contributed by atoms with Gasteiger partial charge >= 0.3 is 12.0 Å². The lowest BCUT2D eigenvalue weighted by Crippen LogP contribution is -2.35. The first-order valence-corrected chi connectivity index (χ1v) is 8.67. The number of anilines is 1. The van der Waals surface area contributed by atoms with Crippen LogP contribution in [0, 0.1) is 0 Å². The molecule has 0 aromatic heterocycles. The van der Waals surface area contributed by atoms with Gasteiger partial charge in [-0.2, -0.15) is 0 Å². The number of aromatic carboxylic acids is 1. The average Bonchev–Trinajstić information content (AvgIpc) is 2.90. The van der Waals surface area contributed by atoms with E-state index in [2.05, 4.69) is 10.6 Å². The van der Waals surface area contributed by atoms with Crippen LogP contribution in [-0.2, 0) is 6.54 Å². The summed E-state index contributed by atoms with van der Waals surface area (Å²) in [6.45, 7) is 3.73. The second-order valence-corrected chi connectivity index (χ2v) is 6.64. The van der Waals surface area contributed by atoms with E-state index in [1.54, 1.807) is 32.0 Å². The Morgan fingerprint density at radius 2 is 1.64 bits per heavy atom. The maximum atomic E-state index is 12.4. The Morgan fingerprint density at radius 1 is 1.00 bits per heavy atom. The third-order valence-electron chi connectivity index (χ3n) is 4.35. The van der Waals surface area contributed by atoms with E-state index in [0.717, 1.165) is 5.56 Å². The van der Waals surface area contributed by atoms with E-state index in [0.29, 0.717) is 11.3 Å². The summed E-state index contributed by atoms with van der Waals surface area (Å²) in [4.78, 5) is 48.8. The van der Waals surface area contributed by atoms with Gasteiger partial charge in [0.05, 0.1) is 16.7 Å². The fourth-order valence-electron chi connectivity index (χ4n) is 2.93. The molecule has 2 aromatic rings. The minimum absolute atomic E-state index is 0.168. The van der Waals surface area contributed by atoms with Crippen LogP contribution in [0.15, 0.2) is 42.5 Å². The summed E-state index contributed by atoms with van der Waals surface area (Å²) in [7, 11) is 0. The molecule has 1 aliphatic heterocycles. The minimum atomic E-state index is -1.02. The number of nitrogens with one attached hydrogen (secondary N) is 2. The van der Waals surface area contributed by atoms with Gasteiger partial charge in [0.2, 0.25) is 0 Å². The van der Waals surface area contributed by atoms with Crippen LogP contribution in [0.4, 0.5) is 10.5 Å². The van der Waals surface area contributed by atoms with Crippen molar-refractivity contribution in [1.82, 2.24) is 10.2 Å². The number of carboxylic acids is 1. The standard InChI is InChI=1S/C20H19N3O5/c1-11(2)23-17(24)15-8-7-14(9-16(15)18(23)25)22-20(28)21-10-12-3-5-13(6-4-12)19(26)27/h3-9,11H,10H2,1-2H3,(H,26,27)(H2,21,22,28). The summed E-state index contributed by atoms with van der Waals surface area (Å²) in [5, 5.41) is 14.2. The van der Waals surface area contributed by atoms with Crippen LogP contribution in [0.25, 0.3) is 0 Å². The van der Waals surface area contributed by atoms with Gasteiger partial charge in [0.15, 0.2) is 0 Å². The summed E-state index contributed by atoms with van der Waals surface area (Å²) in [5.41, 5.74) is 1.89. The molecule has 3 N–H and O–H groups in total. The molecule has 0 aliphatic carbocycles. The first-order valence-electron chi connectivity index (χ1n) is 8.67. The Kier molecular flexibility index (Phi) is 5.12. The molecule has 8 nitrogen and oxygen atoms in total. The van der Waals surface area contributed by atoms with E-state index < -0.39 is 12.0 Å². The van der Waals surface area contributed by atoms with Crippen molar-refractivity contribution in [3.05, 3.63) is 64.7 Å². The Labute approximate surface area is 161 Å². The molecule has 4 amide bonds.